The van der Waals surface area contributed by atoms with Gasteiger partial charge in [-0.25, -0.2) is 0 Å². The molecule has 15 nitrogen and oxygen atoms in total. The largest absolute Gasteiger partial charge is 0.394 e. The number of rotatable bonds is 11. The summed E-state index contributed by atoms with van der Waals surface area (Å²) in [4.78, 5) is 0. The Bertz CT molecular complexity index is 1390. The van der Waals surface area contributed by atoms with Crippen molar-refractivity contribution in [1.29, 1.82) is 0 Å². The van der Waals surface area contributed by atoms with E-state index in [1.165, 1.54) is 0 Å². The second kappa shape index (κ2) is 15.9. The first-order valence-corrected chi connectivity index (χ1v) is 21.3. The Morgan fingerprint density at radius 1 is 0.684 bits per heavy atom. The minimum atomic E-state index is -1.77. The fourth-order valence-corrected chi connectivity index (χ4v) is 13.4. The van der Waals surface area contributed by atoms with Gasteiger partial charge in [-0.05, 0) is 124 Å². The molecule has 0 unspecified atom stereocenters. The maximum absolute atomic E-state index is 12.2. The van der Waals surface area contributed by atoms with Gasteiger partial charge in [-0.15, -0.1) is 0 Å². The summed E-state index contributed by atoms with van der Waals surface area (Å²) in [6.07, 6.45) is -11.5. The maximum Gasteiger partial charge on any atom is 0.187 e. The summed E-state index contributed by atoms with van der Waals surface area (Å²) >= 11 is 0. The van der Waals surface area contributed by atoms with E-state index in [0.717, 1.165) is 32.1 Å². The third kappa shape index (κ3) is 7.58. The molecule has 6 rings (SSSR count). The quantitative estimate of drug-likeness (QED) is 0.126. The van der Waals surface area contributed by atoms with Crippen LogP contribution in [0.4, 0.5) is 0 Å². The first kappa shape index (κ1) is 45.9. The van der Waals surface area contributed by atoms with E-state index in [2.05, 4.69) is 34.6 Å². The van der Waals surface area contributed by atoms with Crippen molar-refractivity contribution in [2.24, 2.45) is 45.3 Å². The average Bonchev–Trinajstić information content (AvgIpc) is 3.52. The molecule has 2 aliphatic heterocycles. The first-order valence-electron chi connectivity index (χ1n) is 21.3. The van der Waals surface area contributed by atoms with Gasteiger partial charge in [0.1, 0.15) is 48.8 Å². The lowest BCUT2D eigenvalue weighted by Crippen LogP contribution is -2.68. The van der Waals surface area contributed by atoms with E-state index in [9.17, 15) is 56.2 Å². The number of hydrogen-bond acceptors (Lipinski definition) is 15. The molecule has 2 heterocycles. The summed E-state index contributed by atoms with van der Waals surface area (Å²) in [5.41, 5.74) is -3.50. The van der Waals surface area contributed by atoms with E-state index in [1.54, 1.807) is 13.8 Å². The molecule has 332 valence electrons. The third-order valence-electron chi connectivity index (χ3n) is 17.1. The number of hydrogen-bond donors (Lipinski definition) is 11. The summed E-state index contributed by atoms with van der Waals surface area (Å²) in [6, 6.07) is 0. The molecule has 15 heteroatoms. The Hall–Kier alpha value is -0.600. The van der Waals surface area contributed by atoms with Gasteiger partial charge in [-0.1, -0.05) is 34.6 Å². The molecule has 57 heavy (non-hydrogen) atoms. The van der Waals surface area contributed by atoms with E-state index in [0.29, 0.717) is 19.3 Å². The van der Waals surface area contributed by atoms with Crippen LogP contribution in [0.5, 0.6) is 0 Å². The highest BCUT2D eigenvalue weighted by molar-refractivity contribution is 5.20. The van der Waals surface area contributed by atoms with Crippen molar-refractivity contribution in [2.75, 3.05) is 13.2 Å². The van der Waals surface area contributed by atoms with Crippen LogP contribution in [0.3, 0.4) is 0 Å². The summed E-state index contributed by atoms with van der Waals surface area (Å²) in [6.45, 7) is 15.0. The highest BCUT2D eigenvalue weighted by atomic mass is 16.8. The van der Waals surface area contributed by atoms with Crippen LogP contribution in [-0.2, 0) is 18.9 Å². The van der Waals surface area contributed by atoms with E-state index in [4.69, 9.17) is 18.9 Å². The van der Waals surface area contributed by atoms with Crippen molar-refractivity contribution >= 4 is 0 Å². The van der Waals surface area contributed by atoms with Gasteiger partial charge in [0.25, 0.3) is 0 Å². The lowest BCUT2D eigenvalue weighted by molar-refractivity contribution is -0.378. The highest BCUT2D eigenvalue weighted by Crippen LogP contribution is 2.76. The van der Waals surface area contributed by atoms with Gasteiger partial charge in [0.05, 0.1) is 42.7 Å². The highest BCUT2D eigenvalue weighted by Gasteiger charge is 2.71. The van der Waals surface area contributed by atoms with Crippen LogP contribution in [0.1, 0.15) is 113 Å². The van der Waals surface area contributed by atoms with Gasteiger partial charge < -0.3 is 75.1 Å². The minimum Gasteiger partial charge on any atom is -0.394 e. The molecule has 4 saturated carbocycles. The van der Waals surface area contributed by atoms with Crippen LogP contribution in [0, 0.1) is 45.3 Å². The molecule has 6 fully saturated rings. The van der Waals surface area contributed by atoms with E-state index in [-0.39, 0.29) is 46.3 Å². The van der Waals surface area contributed by atoms with Gasteiger partial charge in [0, 0.05) is 0 Å². The molecule has 11 N–H and O–H groups in total. The fraction of sp³-hybridized carbons (Fsp3) is 1.00. The van der Waals surface area contributed by atoms with E-state index in [1.807, 2.05) is 6.92 Å². The second-order valence-electron chi connectivity index (χ2n) is 21.0. The monoisotopic (exact) mass is 819 g/mol. The summed E-state index contributed by atoms with van der Waals surface area (Å²) in [5, 5.41) is 118. The zero-order valence-corrected chi connectivity index (χ0v) is 35.1. The lowest BCUT2D eigenvalue weighted by atomic mass is 9.35. The van der Waals surface area contributed by atoms with E-state index < -0.39 is 110 Å². The van der Waals surface area contributed by atoms with Crippen molar-refractivity contribution in [3.63, 3.8) is 0 Å². The molecule has 21 atom stereocenters. The average molecular weight is 819 g/mol. The number of aliphatic hydroxyl groups is 11. The molecule has 0 amide bonds. The minimum absolute atomic E-state index is 0.133. The van der Waals surface area contributed by atoms with Crippen molar-refractivity contribution in [3.8, 4) is 0 Å². The van der Waals surface area contributed by atoms with Crippen molar-refractivity contribution < 1.29 is 75.1 Å². The SMILES string of the molecule is CC(C)(O)[C@H](O)CC[C@](C)(O)[C@H]1CC[C@]2(C)[C@H]1[C@@H](O)C[C@H]1[C@@]3(C)CC[C@@H](O[C@@H]4O[C@@H](CO)[C@H](O)[C@H](O)[C@@H]4O[C@@H]4O[C@@H](CO)[C@@H](O)[C@H](O)[C@H]4O)C(C)(C)[C@@H]3CC[C@@]12C. The zero-order valence-electron chi connectivity index (χ0n) is 35.1. The normalized spacial score (nSPS) is 51.6. The van der Waals surface area contributed by atoms with Crippen LogP contribution in [0.2, 0.25) is 0 Å². The van der Waals surface area contributed by atoms with Crippen LogP contribution in [-0.4, -0.2) is 160 Å². The van der Waals surface area contributed by atoms with Crippen molar-refractivity contribution in [1.82, 2.24) is 0 Å². The second-order valence-corrected chi connectivity index (χ2v) is 21.0. The predicted molar refractivity (Wildman–Crippen MR) is 204 cm³/mol. The van der Waals surface area contributed by atoms with Gasteiger partial charge in [0.15, 0.2) is 12.6 Å². The Labute approximate surface area is 337 Å². The molecule has 0 aromatic rings. The standard InChI is InChI=1S/C42H74O15/c1-37(2)24-10-15-40(6)25(17-21(45)28-20(9-14-41(28,40)7)42(8,53)16-11-26(46)38(3,4)52)39(24,5)13-12-27(37)56-36-34(32(50)30(48)23(19-44)55-36)57-35-33(51)31(49)29(47)22(18-43)54-35/h20-36,43-53H,9-19H2,1-8H3/t20-,21-,22-,23-,24-,25-,26+,27+,28+,29+,30-,31-,32-,33+,34-,35-,36-,39-,40-,41+,42-/m0/s1. The Balaban J connectivity index is 1.22. The van der Waals surface area contributed by atoms with Gasteiger partial charge in [-0.2, -0.15) is 0 Å². The Morgan fingerprint density at radius 3 is 1.86 bits per heavy atom. The fourth-order valence-electron chi connectivity index (χ4n) is 13.4. The van der Waals surface area contributed by atoms with E-state index >= 15 is 0 Å². The predicted octanol–water partition coefficient (Wildman–Crippen LogP) is 0.315. The molecule has 6 aliphatic rings. The smallest absolute Gasteiger partial charge is 0.187 e. The Kier molecular flexibility index (Phi) is 12.8. The molecule has 0 spiro atoms. The van der Waals surface area contributed by atoms with Crippen molar-refractivity contribution in [2.45, 2.75) is 204 Å². The van der Waals surface area contributed by atoms with Crippen molar-refractivity contribution in [3.05, 3.63) is 0 Å². The van der Waals surface area contributed by atoms with Crippen LogP contribution in [0.25, 0.3) is 0 Å². The van der Waals surface area contributed by atoms with Crippen LogP contribution in [0.15, 0.2) is 0 Å². The molecule has 0 aromatic heterocycles. The number of aliphatic hydroxyl groups excluding tert-OH is 9. The van der Waals surface area contributed by atoms with Crippen LogP contribution >= 0.6 is 0 Å². The molecular weight excluding hydrogens is 744 g/mol. The van der Waals surface area contributed by atoms with Crippen LogP contribution < -0.4 is 0 Å². The first-order chi connectivity index (χ1) is 26.3. The van der Waals surface area contributed by atoms with Gasteiger partial charge in [-0.3, -0.25) is 0 Å². The Morgan fingerprint density at radius 2 is 1.26 bits per heavy atom. The molecule has 0 radical (unpaired) electrons. The number of fused-ring (bicyclic) bond motifs is 5. The lowest BCUT2D eigenvalue weighted by Gasteiger charge is -2.70. The molecule has 0 bridgehead atoms. The zero-order chi connectivity index (χ0) is 42.4. The summed E-state index contributed by atoms with van der Waals surface area (Å²) in [7, 11) is 0. The molecule has 4 aliphatic carbocycles. The number of ether oxygens (including phenoxy) is 4. The maximum atomic E-state index is 12.2. The topological polar surface area (TPSA) is 259 Å². The summed E-state index contributed by atoms with van der Waals surface area (Å²) < 4.78 is 24.3. The molecule has 0 aromatic carbocycles. The summed E-state index contributed by atoms with van der Waals surface area (Å²) in [5.74, 6) is -0.00735. The van der Waals surface area contributed by atoms with Gasteiger partial charge >= 0.3 is 0 Å². The molecule has 2 saturated heterocycles. The third-order valence-corrected chi connectivity index (χ3v) is 17.1. The van der Waals surface area contributed by atoms with Gasteiger partial charge in [0.2, 0.25) is 0 Å². The molecular formula is C42H74O15.